The second-order valence-electron chi connectivity index (χ2n) is 3.88. The average Bonchev–Trinajstić information content (AvgIpc) is 2.74. The summed E-state index contributed by atoms with van der Waals surface area (Å²) in [5.41, 5.74) is 0.0554. The first-order chi connectivity index (χ1) is 8.54. The molecule has 7 heteroatoms. The maximum absolute atomic E-state index is 11.6. The maximum atomic E-state index is 11.6. The number of halogens is 1. The molecule has 0 saturated carbocycles. The molecule has 1 saturated heterocycles. The number of methoxy groups -OCH3 is 1. The predicted molar refractivity (Wildman–Crippen MR) is 66.2 cm³/mol. The van der Waals surface area contributed by atoms with Crippen molar-refractivity contribution < 1.29 is 14.5 Å². The molecule has 1 aromatic carbocycles. The zero-order valence-electron chi connectivity index (χ0n) is 9.68. The van der Waals surface area contributed by atoms with Crippen LogP contribution < -0.4 is 9.64 Å². The number of hydrogen-bond acceptors (Lipinski definition) is 4. The van der Waals surface area contributed by atoms with Crippen LogP contribution in [0.4, 0.5) is 11.4 Å². The zero-order chi connectivity index (χ0) is 13.3. The largest absolute Gasteiger partial charge is 0.495 e. The zero-order valence-corrected chi connectivity index (χ0v) is 10.4. The summed E-state index contributed by atoms with van der Waals surface area (Å²) in [6.07, 6.45) is 1.10. The number of hydrogen-bond donors (Lipinski definition) is 0. The highest BCUT2D eigenvalue weighted by atomic mass is 35.5. The Kier molecular flexibility index (Phi) is 3.38. The molecule has 0 aliphatic carbocycles. The van der Waals surface area contributed by atoms with Gasteiger partial charge in [-0.15, -0.1) is 0 Å². The second-order valence-corrected chi connectivity index (χ2v) is 4.29. The van der Waals surface area contributed by atoms with E-state index in [1.165, 1.54) is 24.1 Å². The van der Waals surface area contributed by atoms with Gasteiger partial charge in [0.15, 0.2) is 0 Å². The third kappa shape index (κ3) is 2.11. The van der Waals surface area contributed by atoms with Crippen molar-refractivity contribution in [1.29, 1.82) is 0 Å². The van der Waals surface area contributed by atoms with Crippen LogP contribution >= 0.6 is 11.6 Å². The Hall–Kier alpha value is -1.82. The van der Waals surface area contributed by atoms with E-state index in [1.807, 2.05) is 0 Å². The number of nitro benzene ring substituents is 1. The Balaban J connectivity index is 2.54. The molecular formula is C11H11ClN2O4. The fraction of sp³-hybridized carbons (Fsp3) is 0.364. The number of nitrogens with zero attached hydrogens (tertiary/aromatic N) is 2. The molecule has 2 rings (SSSR count). The van der Waals surface area contributed by atoms with Crippen molar-refractivity contribution in [2.45, 2.75) is 12.8 Å². The summed E-state index contributed by atoms with van der Waals surface area (Å²) in [6.45, 7) is 0.475. The van der Waals surface area contributed by atoms with Crippen molar-refractivity contribution >= 4 is 28.9 Å². The van der Waals surface area contributed by atoms with Crippen LogP contribution in [0.2, 0.25) is 5.02 Å². The lowest BCUT2D eigenvalue weighted by Crippen LogP contribution is -2.24. The van der Waals surface area contributed by atoms with E-state index in [4.69, 9.17) is 16.3 Å². The molecule has 0 atom stereocenters. The van der Waals surface area contributed by atoms with Gasteiger partial charge in [0.05, 0.1) is 23.1 Å². The van der Waals surface area contributed by atoms with Crippen molar-refractivity contribution in [3.05, 3.63) is 27.3 Å². The third-order valence-corrected chi connectivity index (χ3v) is 3.11. The van der Waals surface area contributed by atoms with Crippen LogP contribution in [0.5, 0.6) is 5.75 Å². The molecule has 0 spiro atoms. The number of rotatable bonds is 3. The summed E-state index contributed by atoms with van der Waals surface area (Å²) in [6, 6.07) is 2.64. The maximum Gasteiger partial charge on any atom is 0.296 e. The minimum atomic E-state index is -0.542. The quantitative estimate of drug-likeness (QED) is 0.624. The Morgan fingerprint density at radius 2 is 2.22 bits per heavy atom. The van der Waals surface area contributed by atoms with Gasteiger partial charge in [0.1, 0.15) is 11.4 Å². The molecule has 96 valence electrons. The van der Waals surface area contributed by atoms with E-state index in [0.29, 0.717) is 19.4 Å². The van der Waals surface area contributed by atoms with E-state index in [0.717, 1.165) is 0 Å². The first-order valence-corrected chi connectivity index (χ1v) is 5.74. The highest BCUT2D eigenvalue weighted by molar-refractivity contribution is 6.32. The SMILES string of the molecule is COc1cc([N+](=O)[O-])c(N2CCCC2=O)cc1Cl. The molecule has 1 heterocycles. The van der Waals surface area contributed by atoms with Crippen molar-refractivity contribution in [3.8, 4) is 5.75 Å². The summed E-state index contributed by atoms with van der Waals surface area (Å²) >= 11 is 5.95. The summed E-state index contributed by atoms with van der Waals surface area (Å²) in [5.74, 6) is 0.0955. The van der Waals surface area contributed by atoms with Gasteiger partial charge in [-0.3, -0.25) is 14.9 Å². The minimum absolute atomic E-state index is 0.126. The van der Waals surface area contributed by atoms with Gasteiger partial charge < -0.3 is 9.64 Å². The van der Waals surface area contributed by atoms with Crippen LogP contribution in [0.15, 0.2) is 12.1 Å². The van der Waals surface area contributed by atoms with Gasteiger partial charge in [-0.2, -0.15) is 0 Å². The molecule has 0 unspecified atom stereocenters. The van der Waals surface area contributed by atoms with Crippen LogP contribution in [0.3, 0.4) is 0 Å². The number of amides is 1. The van der Waals surface area contributed by atoms with Gasteiger partial charge in [-0.05, 0) is 12.5 Å². The van der Waals surface area contributed by atoms with E-state index >= 15 is 0 Å². The number of carbonyl (C=O) groups excluding carboxylic acids is 1. The smallest absolute Gasteiger partial charge is 0.296 e. The summed E-state index contributed by atoms with van der Waals surface area (Å²) < 4.78 is 4.94. The monoisotopic (exact) mass is 270 g/mol. The van der Waals surface area contributed by atoms with Crippen molar-refractivity contribution in [2.75, 3.05) is 18.6 Å². The lowest BCUT2D eigenvalue weighted by molar-refractivity contribution is -0.384. The van der Waals surface area contributed by atoms with E-state index in [2.05, 4.69) is 0 Å². The fourth-order valence-electron chi connectivity index (χ4n) is 1.95. The molecule has 0 N–H and O–H groups in total. The molecule has 18 heavy (non-hydrogen) atoms. The molecule has 1 amide bonds. The van der Waals surface area contributed by atoms with Gasteiger partial charge in [0.2, 0.25) is 5.91 Å². The van der Waals surface area contributed by atoms with Crippen LogP contribution in [0.1, 0.15) is 12.8 Å². The van der Waals surface area contributed by atoms with Crippen LogP contribution in [0, 0.1) is 10.1 Å². The third-order valence-electron chi connectivity index (χ3n) is 2.81. The number of ether oxygens (including phenoxy) is 1. The molecule has 0 bridgehead atoms. The first kappa shape index (κ1) is 12.6. The molecule has 6 nitrogen and oxygen atoms in total. The number of carbonyl (C=O) groups is 1. The molecule has 1 fully saturated rings. The van der Waals surface area contributed by atoms with Gasteiger partial charge in [-0.1, -0.05) is 11.6 Å². The lowest BCUT2D eigenvalue weighted by atomic mass is 10.2. The van der Waals surface area contributed by atoms with Crippen LogP contribution in [-0.4, -0.2) is 24.5 Å². The molecule has 0 aromatic heterocycles. The molecule has 1 aliphatic heterocycles. The molecule has 0 radical (unpaired) electrons. The van der Waals surface area contributed by atoms with Crippen molar-refractivity contribution in [1.82, 2.24) is 0 Å². The summed E-state index contributed by atoms with van der Waals surface area (Å²) in [5, 5.41) is 11.3. The van der Waals surface area contributed by atoms with Gasteiger partial charge >= 0.3 is 0 Å². The number of benzene rings is 1. The molecule has 1 aromatic rings. The average molecular weight is 271 g/mol. The number of nitro groups is 1. The Bertz CT molecular complexity index is 518. The lowest BCUT2D eigenvalue weighted by Gasteiger charge is -2.16. The fourth-order valence-corrected chi connectivity index (χ4v) is 2.19. The number of anilines is 1. The van der Waals surface area contributed by atoms with Gasteiger partial charge in [0.25, 0.3) is 5.69 Å². The van der Waals surface area contributed by atoms with E-state index in [9.17, 15) is 14.9 Å². The normalized spacial score (nSPS) is 15.0. The molecular weight excluding hydrogens is 260 g/mol. The minimum Gasteiger partial charge on any atom is -0.495 e. The van der Waals surface area contributed by atoms with Gasteiger partial charge in [0, 0.05) is 13.0 Å². The van der Waals surface area contributed by atoms with E-state index < -0.39 is 4.92 Å². The Morgan fingerprint density at radius 3 is 2.72 bits per heavy atom. The summed E-state index contributed by atoms with van der Waals surface area (Å²) in [4.78, 5) is 23.5. The van der Waals surface area contributed by atoms with Crippen LogP contribution in [-0.2, 0) is 4.79 Å². The second kappa shape index (κ2) is 4.81. The Labute approximate surface area is 108 Å². The van der Waals surface area contributed by atoms with Crippen molar-refractivity contribution in [3.63, 3.8) is 0 Å². The summed E-state index contributed by atoms with van der Waals surface area (Å²) in [7, 11) is 1.38. The highest BCUT2D eigenvalue weighted by Gasteiger charge is 2.29. The first-order valence-electron chi connectivity index (χ1n) is 5.37. The van der Waals surface area contributed by atoms with Gasteiger partial charge in [-0.25, -0.2) is 0 Å². The topological polar surface area (TPSA) is 72.7 Å². The van der Waals surface area contributed by atoms with E-state index in [1.54, 1.807) is 0 Å². The molecule has 1 aliphatic rings. The Morgan fingerprint density at radius 1 is 1.50 bits per heavy atom. The predicted octanol–water partition coefficient (Wildman–Crippen LogP) is 2.38. The van der Waals surface area contributed by atoms with Crippen LogP contribution in [0.25, 0.3) is 0 Å². The standard InChI is InChI=1S/C11H11ClN2O4/c1-18-10-6-9(14(16)17)8(5-7(10)12)13-4-2-3-11(13)15/h5-6H,2-4H2,1H3. The highest BCUT2D eigenvalue weighted by Crippen LogP contribution is 2.39. The van der Waals surface area contributed by atoms with E-state index in [-0.39, 0.29) is 28.1 Å². The van der Waals surface area contributed by atoms with Crippen molar-refractivity contribution in [2.24, 2.45) is 0 Å².